The zero-order valence-corrected chi connectivity index (χ0v) is 27.4. The van der Waals surface area contributed by atoms with E-state index < -0.39 is 11.9 Å². The van der Waals surface area contributed by atoms with Crippen LogP contribution in [0.3, 0.4) is 0 Å². The molecule has 5 aromatic carbocycles. The first kappa shape index (κ1) is 32.6. The molecule has 7 nitrogen and oxygen atoms in total. The fraction of sp³-hybridized carbons (Fsp3) is 0.140. The molecule has 50 heavy (non-hydrogen) atoms. The first-order valence-electron chi connectivity index (χ1n) is 16.5. The molecule has 0 fully saturated rings. The minimum Gasteiger partial charge on any atom is -0.456 e. The molecule has 0 aliphatic carbocycles. The maximum absolute atomic E-state index is 13.0. The Balaban J connectivity index is 1.12. The summed E-state index contributed by atoms with van der Waals surface area (Å²) in [5.74, 6) is -1.26. The Kier molecular flexibility index (Phi) is 10.2. The molecule has 0 amide bonds. The highest BCUT2D eigenvalue weighted by atomic mass is 16.5. The molecule has 7 heteroatoms. The van der Waals surface area contributed by atoms with Crippen LogP contribution in [-0.4, -0.2) is 16.9 Å². The van der Waals surface area contributed by atoms with Crippen molar-refractivity contribution in [3.05, 3.63) is 184 Å². The van der Waals surface area contributed by atoms with Gasteiger partial charge in [0.2, 0.25) is 0 Å². The maximum Gasteiger partial charge on any atom is 0.357 e. The van der Waals surface area contributed by atoms with Crippen LogP contribution in [0.15, 0.2) is 140 Å². The Bertz CT molecular complexity index is 1980. The lowest BCUT2D eigenvalue weighted by Crippen LogP contribution is -2.12. The Morgan fingerprint density at radius 1 is 0.360 bits per heavy atom. The van der Waals surface area contributed by atoms with Crippen LogP contribution in [0, 0.1) is 0 Å². The summed E-state index contributed by atoms with van der Waals surface area (Å²) in [5, 5.41) is 0. The van der Waals surface area contributed by atoms with Gasteiger partial charge in [-0.2, -0.15) is 0 Å². The number of ether oxygens (including phenoxy) is 4. The van der Waals surface area contributed by atoms with Crippen LogP contribution in [-0.2, 0) is 58.6 Å². The molecule has 3 heterocycles. The van der Waals surface area contributed by atoms with E-state index in [1.54, 1.807) is 6.07 Å². The van der Waals surface area contributed by atoms with Gasteiger partial charge in [-0.15, -0.1) is 0 Å². The van der Waals surface area contributed by atoms with Crippen molar-refractivity contribution >= 4 is 11.9 Å². The van der Waals surface area contributed by atoms with E-state index in [-0.39, 0.29) is 24.6 Å². The number of hydrogen-bond donors (Lipinski definition) is 0. The average Bonchev–Trinajstić information content (AvgIpc) is 3.17. The number of esters is 2. The van der Waals surface area contributed by atoms with Crippen LogP contribution < -0.4 is 0 Å². The van der Waals surface area contributed by atoms with Gasteiger partial charge in [-0.05, 0) is 92.0 Å². The molecular formula is C43H35NO6. The van der Waals surface area contributed by atoms with Gasteiger partial charge >= 0.3 is 11.9 Å². The highest BCUT2D eigenvalue weighted by Crippen LogP contribution is 2.25. The van der Waals surface area contributed by atoms with Gasteiger partial charge in [0.1, 0.15) is 24.6 Å². The van der Waals surface area contributed by atoms with Crippen molar-refractivity contribution in [2.75, 3.05) is 0 Å². The molecular weight excluding hydrogens is 626 g/mol. The van der Waals surface area contributed by atoms with E-state index in [4.69, 9.17) is 18.9 Å². The van der Waals surface area contributed by atoms with E-state index in [9.17, 15) is 9.59 Å². The predicted molar refractivity (Wildman–Crippen MR) is 190 cm³/mol. The van der Waals surface area contributed by atoms with E-state index in [1.807, 2.05) is 84.9 Å². The molecule has 6 aromatic rings. The lowest BCUT2D eigenvalue weighted by atomic mass is 10.0. The maximum atomic E-state index is 13.0. The van der Waals surface area contributed by atoms with Crippen molar-refractivity contribution in [3.8, 4) is 22.3 Å². The second kappa shape index (κ2) is 15.6. The number of aromatic nitrogens is 1. The van der Waals surface area contributed by atoms with Gasteiger partial charge in [0.25, 0.3) is 0 Å². The molecule has 0 saturated carbocycles. The summed E-state index contributed by atoms with van der Waals surface area (Å²) in [6.07, 6.45) is 0. The molecule has 2 aliphatic heterocycles. The monoisotopic (exact) mass is 661 g/mol. The number of benzene rings is 5. The molecule has 2 aliphatic rings. The molecule has 12 bridgehead atoms. The summed E-state index contributed by atoms with van der Waals surface area (Å²) in [7, 11) is 0. The number of nitrogens with zero attached hydrogens (tertiary/aromatic N) is 1. The van der Waals surface area contributed by atoms with Crippen molar-refractivity contribution in [2.24, 2.45) is 0 Å². The predicted octanol–water partition coefficient (Wildman–Crippen LogP) is 8.88. The van der Waals surface area contributed by atoms with E-state index in [1.165, 1.54) is 12.1 Å². The van der Waals surface area contributed by atoms with Gasteiger partial charge in [0.15, 0.2) is 0 Å². The van der Waals surface area contributed by atoms with Crippen LogP contribution in [0.1, 0.15) is 54.4 Å². The quantitative estimate of drug-likeness (QED) is 0.150. The van der Waals surface area contributed by atoms with Crippen LogP contribution in [0.25, 0.3) is 22.3 Å². The number of pyridine rings is 1. The summed E-state index contributed by atoms with van der Waals surface area (Å²) in [6, 6.07) is 45.0. The minimum absolute atomic E-state index is 0.0281. The fourth-order valence-electron chi connectivity index (χ4n) is 5.78. The van der Waals surface area contributed by atoms with Gasteiger partial charge in [-0.1, -0.05) is 103 Å². The molecule has 0 unspecified atom stereocenters. The second-order valence-corrected chi connectivity index (χ2v) is 12.2. The SMILES string of the molecule is O=C1OCc2cccc(c2)-c2cccc(c2)COCc2ccc(cc2)COCc2cccc(c2)-c2cccc(c2)COC(=O)c2cccc1n2. The summed E-state index contributed by atoms with van der Waals surface area (Å²) in [4.78, 5) is 30.2. The molecule has 248 valence electrons. The Morgan fingerprint density at radius 2 is 0.680 bits per heavy atom. The van der Waals surface area contributed by atoms with Crippen molar-refractivity contribution in [1.29, 1.82) is 0 Å². The van der Waals surface area contributed by atoms with Crippen molar-refractivity contribution in [1.82, 2.24) is 4.98 Å². The number of hydrogen-bond acceptors (Lipinski definition) is 7. The Hall–Kier alpha value is -5.89. The van der Waals surface area contributed by atoms with Gasteiger partial charge in [-0.25, -0.2) is 14.6 Å². The number of rotatable bonds is 0. The summed E-state index contributed by atoms with van der Waals surface area (Å²) in [5.41, 5.74) is 10.1. The highest BCUT2D eigenvalue weighted by molar-refractivity contribution is 5.91. The smallest absolute Gasteiger partial charge is 0.357 e. The molecule has 0 saturated heterocycles. The van der Waals surface area contributed by atoms with Gasteiger partial charge in [-0.3, -0.25) is 0 Å². The van der Waals surface area contributed by atoms with Gasteiger partial charge in [0.05, 0.1) is 26.4 Å². The van der Waals surface area contributed by atoms with E-state index in [0.29, 0.717) is 26.4 Å². The lowest BCUT2D eigenvalue weighted by Gasteiger charge is -2.10. The molecule has 0 radical (unpaired) electrons. The number of fused-ring (bicyclic) bond motifs is 10. The normalized spacial score (nSPS) is 14.2. The molecule has 8 rings (SSSR count). The van der Waals surface area contributed by atoms with Crippen molar-refractivity contribution < 1.29 is 28.5 Å². The van der Waals surface area contributed by atoms with Crippen molar-refractivity contribution in [2.45, 2.75) is 39.6 Å². The summed E-state index contributed by atoms with van der Waals surface area (Å²) in [6.45, 7) is 2.04. The Morgan fingerprint density at radius 3 is 1.06 bits per heavy atom. The largest absolute Gasteiger partial charge is 0.456 e. The van der Waals surface area contributed by atoms with E-state index >= 15 is 0 Å². The topological polar surface area (TPSA) is 84.0 Å². The second-order valence-electron chi connectivity index (χ2n) is 12.2. The van der Waals surface area contributed by atoms with Crippen LogP contribution in [0.5, 0.6) is 0 Å². The molecule has 0 N–H and O–H groups in total. The fourth-order valence-corrected chi connectivity index (χ4v) is 5.78. The summed E-state index contributed by atoms with van der Waals surface area (Å²) < 4.78 is 23.3. The first-order chi connectivity index (χ1) is 24.6. The number of carbonyl (C=O) groups excluding carboxylic acids is 2. The van der Waals surface area contributed by atoms with E-state index in [2.05, 4.69) is 41.4 Å². The zero-order valence-electron chi connectivity index (χ0n) is 27.4. The third kappa shape index (κ3) is 8.39. The third-order valence-corrected chi connectivity index (χ3v) is 8.38. The van der Waals surface area contributed by atoms with Crippen LogP contribution in [0.4, 0.5) is 0 Å². The lowest BCUT2D eigenvalue weighted by molar-refractivity contribution is 0.0456. The molecule has 0 atom stereocenters. The molecule has 1 aromatic heterocycles. The molecule has 0 spiro atoms. The minimum atomic E-state index is -0.630. The first-order valence-corrected chi connectivity index (χ1v) is 16.5. The van der Waals surface area contributed by atoms with Crippen LogP contribution in [0.2, 0.25) is 0 Å². The average molecular weight is 662 g/mol. The Labute approximate surface area is 291 Å². The van der Waals surface area contributed by atoms with Crippen molar-refractivity contribution in [3.63, 3.8) is 0 Å². The summed E-state index contributed by atoms with van der Waals surface area (Å²) >= 11 is 0. The third-order valence-electron chi connectivity index (χ3n) is 8.38. The van der Waals surface area contributed by atoms with Crippen LogP contribution >= 0.6 is 0 Å². The van der Waals surface area contributed by atoms with Gasteiger partial charge < -0.3 is 18.9 Å². The highest BCUT2D eigenvalue weighted by Gasteiger charge is 2.16. The zero-order chi connectivity index (χ0) is 34.1. The van der Waals surface area contributed by atoms with E-state index in [0.717, 1.165) is 55.6 Å². The van der Waals surface area contributed by atoms with Gasteiger partial charge in [0, 0.05) is 0 Å². The standard InChI is InChI=1S/C43H35NO6/c45-42-40-14-5-15-41(44-40)43(46)50-29-35-9-4-13-39(23-35)37-11-2-7-33(21-37)27-48-25-31-18-16-30(17-19-31)24-47-26-32-6-1-10-36(20-32)38-12-3-8-34(22-38)28-49-42/h1-23H,24-29H2. The number of carbonyl (C=O) groups is 2.